The number of methoxy groups -OCH3 is 2. The van der Waals surface area contributed by atoms with Gasteiger partial charge in [0.1, 0.15) is 0 Å². The third-order valence-electron chi connectivity index (χ3n) is 6.35. The van der Waals surface area contributed by atoms with Crippen LogP contribution in [0, 0.1) is 0 Å². The maximum Gasteiger partial charge on any atom is 0.266 e. The second kappa shape index (κ2) is 9.90. The highest BCUT2D eigenvalue weighted by Gasteiger charge is 2.39. The van der Waals surface area contributed by atoms with E-state index in [1.165, 1.54) is 38.5 Å². The van der Waals surface area contributed by atoms with E-state index in [9.17, 15) is 4.79 Å². The fourth-order valence-corrected chi connectivity index (χ4v) is 5.81. The normalized spacial score (nSPS) is 24.1. The molecule has 1 aromatic carbocycles. The standard InChI is InChI=1S/C24H32N2O3S/c1-28-20-14-13-17(15-21(20)29-2)16-22-23(27)26(19-11-7-4-8-12-19)24(30-22)25-18-9-5-3-6-10-18/h13-16,18-19H,3-12H2,1-2H3. The first-order valence-electron chi connectivity index (χ1n) is 11.2. The zero-order chi connectivity index (χ0) is 20.9. The Balaban J connectivity index is 1.63. The molecule has 0 bridgehead atoms. The Morgan fingerprint density at radius 3 is 2.30 bits per heavy atom. The first-order valence-corrected chi connectivity index (χ1v) is 12.0. The molecule has 162 valence electrons. The van der Waals surface area contributed by atoms with Crippen LogP contribution in [0.5, 0.6) is 11.5 Å². The molecule has 1 amide bonds. The van der Waals surface area contributed by atoms with Gasteiger partial charge in [0.25, 0.3) is 5.91 Å². The first-order chi connectivity index (χ1) is 14.7. The average Bonchev–Trinajstić information content (AvgIpc) is 3.09. The van der Waals surface area contributed by atoms with E-state index in [2.05, 4.69) is 0 Å². The van der Waals surface area contributed by atoms with Crippen molar-refractivity contribution in [1.82, 2.24) is 4.90 Å². The number of rotatable bonds is 5. The summed E-state index contributed by atoms with van der Waals surface area (Å²) < 4.78 is 10.8. The van der Waals surface area contributed by atoms with Crippen LogP contribution in [-0.2, 0) is 4.79 Å². The highest BCUT2D eigenvalue weighted by molar-refractivity contribution is 8.18. The number of aliphatic imine (C=N–C) groups is 1. The van der Waals surface area contributed by atoms with Crippen molar-refractivity contribution in [2.75, 3.05) is 14.2 Å². The molecule has 3 aliphatic rings. The molecular weight excluding hydrogens is 396 g/mol. The molecule has 0 spiro atoms. The lowest BCUT2D eigenvalue weighted by Gasteiger charge is -2.31. The van der Waals surface area contributed by atoms with E-state index in [0.29, 0.717) is 17.5 Å². The van der Waals surface area contributed by atoms with E-state index in [1.54, 1.807) is 26.0 Å². The summed E-state index contributed by atoms with van der Waals surface area (Å²) in [5.41, 5.74) is 0.936. The topological polar surface area (TPSA) is 51.1 Å². The molecule has 1 heterocycles. The van der Waals surface area contributed by atoms with Crippen molar-refractivity contribution in [3.63, 3.8) is 0 Å². The lowest BCUT2D eigenvalue weighted by molar-refractivity contribution is -0.124. The number of nitrogens with zero attached hydrogens (tertiary/aromatic N) is 2. The minimum atomic E-state index is 0.108. The van der Waals surface area contributed by atoms with Crippen LogP contribution >= 0.6 is 11.8 Å². The van der Waals surface area contributed by atoms with Crippen molar-refractivity contribution in [3.8, 4) is 11.5 Å². The fraction of sp³-hybridized carbons (Fsp3) is 0.583. The van der Waals surface area contributed by atoms with Crippen LogP contribution in [0.25, 0.3) is 6.08 Å². The van der Waals surface area contributed by atoms with E-state index in [0.717, 1.165) is 41.3 Å². The van der Waals surface area contributed by atoms with Crippen LogP contribution in [0.2, 0.25) is 0 Å². The Hall–Kier alpha value is -1.95. The molecule has 0 unspecified atom stereocenters. The molecule has 0 atom stereocenters. The molecule has 0 aromatic heterocycles. The quantitative estimate of drug-likeness (QED) is 0.569. The van der Waals surface area contributed by atoms with Crippen LogP contribution < -0.4 is 9.47 Å². The molecular formula is C24H32N2O3S. The molecule has 5 nitrogen and oxygen atoms in total. The van der Waals surface area contributed by atoms with Gasteiger partial charge in [0, 0.05) is 6.04 Å². The second-order valence-electron chi connectivity index (χ2n) is 8.40. The first kappa shape index (κ1) is 21.3. The number of hydrogen-bond acceptors (Lipinski definition) is 5. The molecule has 6 heteroatoms. The molecule has 2 saturated carbocycles. The smallest absolute Gasteiger partial charge is 0.266 e. The molecule has 0 radical (unpaired) electrons. The maximum absolute atomic E-state index is 13.4. The number of benzene rings is 1. The highest BCUT2D eigenvalue weighted by atomic mass is 32.2. The Kier molecular flexibility index (Phi) is 7.03. The Bertz CT molecular complexity index is 824. The van der Waals surface area contributed by atoms with Gasteiger partial charge in [-0.1, -0.05) is 44.6 Å². The summed E-state index contributed by atoms with van der Waals surface area (Å²) in [5, 5.41) is 0.922. The van der Waals surface area contributed by atoms with E-state index < -0.39 is 0 Å². The van der Waals surface area contributed by atoms with Crippen LogP contribution in [0.3, 0.4) is 0 Å². The number of carbonyl (C=O) groups is 1. The minimum Gasteiger partial charge on any atom is -0.493 e. The zero-order valence-corrected chi connectivity index (χ0v) is 18.9. The lowest BCUT2D eigenvalue weighted by atomic mass is 9.94. The summed E-state index contributed by atoms with van der Waals surface area (Å²) in [7, 11) is 3.26. The summed E-state index contributed by atoms with van der Waals surface area (Å²) in [6.45, 7) is 0. The third-order valence-corrected chi connectivity index (χ3v) is 7.35. The van der Waals surface area contributed by atoms with Gasteiger partial charge in [-0.25, -0.2) is 0 Å². The summed E-state index contributed by atoms with van der Waals surface area (Å²) >= 11 is 1.55. The number of hydrogen-bond donors (Lipinski definition) is 0. The SMILES string of the molecule is COc1ccc(C=C2SC(=NC3CCCCC3)N(C3CCCCC3)C2=O)cc1OC. The third kappa shape index (κ3) is 4.69. The van der Waals surface area contributed by atoms with Crippen LogP contribution in [-0.4, -0.2) is 42.3 Å². The van der Waals surface area contributed by atoms with Gasteiger partial charge >= 0.3 is 0 Å². The second-order valence-corrected chi connectivity index (χ2v) is 9.40. The van der Waals surface area contributed by atoms with Crippen molar-refractivity contribution in [2.45, 2.75) is 76.3 Å². The molecule has 30 heavy (non-hydrogen) atoms. The number of thioether (sulfide) groups is 1. The summed E-state index contributed by atoms with van der Waals surface area (Å²) in [5.74, 6) is 1.47. The van der Waals surface area contributed by atoms with Gasteiger partial charge < -0.3 is 9.47 Å². The Morgan fingerprint density at radius 2 is 1.63 bits per heavy atom. The number of carbonyl (C=O) groups excluding carboxylic acids is 1. The summed E-state index contributed by atoms with van der Waals surface area (Å²) in [6.07, 6.45) is 13.9. The molecule has 2 aliphatic carbocycles. The van der Waals surface area contributed by atoms with Crippen molar-refractivity contribution >= 4 is 28.9 Å². The van der Waals surface area contributed by atoms with Crippen molar-refractivity contribution in [3.05, 3.63) is 28.7 Å². The average molecular weight is 429 g/mol. The van der Waals surface area contributed by atoms with E-state index in [-0.39, 0.29) is 11.9 Å². The van der Waals surface area contributed by atoms with E-state index in [1.807, 2.05) is 29.2 Å². The molecule has 1 saturated heterocycles. The highest BCUT2D eigenvalue weighted by Crippen LogP contribution is 2.39. The van der Waals surface area contributed by atoms with Crippen molar-refractivity contribution < 1.29 is 14.3 Å². The van der Waals surface area contributed by atoms with Gasteiger partial charge in [0.15, 0.2) is 16.7 Å². The van der Waals surface area contributed by atoms with E-state index in [4.69, 9.17) is 14.5 Å². The maximum atomic E-state index is 13.4. The largest absolute Gasteiger partial charge is 0.493 e. The predicted molar refractivity (Wildman–Crippen MR) is 123 cm³/mol. The van der Waals surface area contributed by atoms with Gasteiger partial charge in [-0.15, -0.1) is 0 Å². The van der Waals surface area contributed by atoms with Gasteiger partial charge in [0.05, 0.1) is 25.2 Å². The Morgan fingerprint density at radius 1 is 0.967 bits per heavy atom. The molecule has 0 N–H and O–H groups in total. The summed E-state index contributed by atoms with van der Waals surface area (Å²) in [6, 6.07) is 6.41. The number of ether oxygens (including phenoxy) is 2. The monoisotopic (exact) mass is 428 g/mol. The van der Waals surface area contributed by atoms with Crippen LogP contribution in [0.4, 0.5) is 0 Å². The summed E-state index contributed by atoms with van der Waals surface area (Å²) in [4.78, 5) is 21.3. The lowest BCUT2D eigenvalue weighted by Crippen LogP contribution is -2.41. The fourth-order valence-electron chi connectivity index (χ4n) is 4.70. The van der Waals surface area contributed by atoms with Crippen molar-refractivity contribution in [1.29, 1.82) is 0 Å². The van der Waals surface area contributed by atoms with Crippen LogP contribution in [0.15, 0.2) is 28.1 Å². The van der Waals surface area contributed by atoms with Crippen LogP contribution in [0.1, 0.15) is 69.8 Å². The van der Waals surface area contributed by atoms with Gasteiger partial charge in [-0.2, -0.15) is 0 Å². The predicted octanol–water partition coefficient (Wildman–Crippen LogP) is 5.64. The molecule has 4 rings (SSSR count). The number of amides is 1. The molecule has 1 aromatic rings. The Labute approximate surface area is 183 Å². The van der Waals surface area contributed by atoms with Crippen molar-refractivity contribution in [2.24, 2.45) is 4.99 Å². The van der Waals surface area contributed by atoms with Gasteiger partial charge in [0.2, 0.25) is 0 Å². The minimum absolute atomic E-state index is 0.108. The van der Waals surface area contributed by atoms with Gasteiger partial charge in [-0.05, 0) is 61.2 Å². The zero-order valence-electron chi connectivity index (χ0n) is 18.1. The molecule has 3 fully saturated rings. The number of amidine groups is 1. The molecule has 1 aliphatic heterocycles. The van der Waals surface area contributed by atoms with Gasteiger partial charge in [-0.3, -0.25) is 14.7 Å². The van der Waals surface area contributed by atoms with E-state index >= 15 is 0 Å².